The highest BCUT2D eigenvalue weighted by Gasteiger charge is 2.23. The van der Waals surface area contributed by atoms with Crippen molar-refractivity contribution < 1.29 is 19.5 Å². The molecule has 0 bridgehead atoms. The molecule has 0 aliphatic rings. The molecule has 0 aromatic carbocycles. The molecule has 0 unspecified atom stereocenters. The highest BCUT2D eigenvalue weighted by atomic mass is 16.4. The molecule has 0 spiro atoms. The minimum Gasteiger partial charge on any atom is -0.477 e. The number of amides is 2. The number of carbonyl (C=O) groups is 3. The standard InChI is InChI=1S/C10H14N4O4/c1-3-11-6(15)4-14(2)9(16)7-8(10(17)18)13-5-12-7/h5H,3-4H2,1-2H3,(H,11,15)(H,12,13)(H,17,18). The van der Waals surface area contributed by atoms with Crippen LogP contribution in [0.25, 0.3) is 0 Å². The van der Waals surface area contributed by atoms with Gasteiger partial charge in [-0.2, -0.15) is 0 Å². The largest absolute Gasteiger partial charge is 0.477 e. The molecule has 1 rings (SSSR count). The first-order valence-corrected chi connectivity index (χ1v) is 5.26. The van der Waals surface area contributed by atoms with Crippen LogP contribution in [0.5, 0.6) is 0 Å². The van der Waals surface area contributed by atoms with E-state index in [-0.39, 0.29) is 23.8 Å². The van der Waals surface area contributed by atoms with E-state index in [4.69, 9.17) is 5.11 Å². The molecule has 0 saturated carbocycles. The molecule has 0 aliphatic carbocycles. The Morgan fingerprint density at radius 2 is 2.17 bits per heavy atom. The first kappa shape index (κ1) is 13.7. The van der Waals surface area contributed by atoms with Crippen LogP contribution in [0.1, 0.15) is 27.9 Å². The number of nitrogens with one attached hydrogen (secondary N) is 2. The molecule has 1 aromatic heterocycles. The zero-order valence-electron chi connectivity index (χ0n) is 10.1. The maximum absolute atomic E-state index is 11.9. The number of aromatic amines is 1. The summed E-state index contributed by atoms with van der Waals surface area (Å²) in [5.41, 5.74) is -0.503. The molecule has 0 aliphatic heterocycles. The minimum atomic E-state index is -1.28. The number of H-pyrrole nitrogens is 1. The molecule has 0 fully saturated rings. The average Bonchev–Trinajstić information content (AvgIpc) is 2.76. The van der Waals surface area contributed by atoms with Crippen molar-refractivity contribution in [2.75, 3.05) is 20.1 Å². The van der Waals surface area contributed by atoms with Crippen LogP contribution in [0.2, 0.25) is 0 Å². The number of hydrogen-bond acceptors (Lipinski definition) is 4. The van der Waals surface area contributed by atoms with Gasteiger partial charge in [0.1, 0.15) is 0 Å². The zero-order chi connectivity index (χ0) is 13.7. The Hall–Kier alpha value is -2.38. The van der Waals surface area contributed by atoms with Crippen LogP contribution in [-0.4, -0.2) is 57.9 Å². The summed E-state index contributed by atoms with van der Waals surface area (Å²) < 4.78 is 0. The van der Waals surface area contributed by atoms with Gasteiger partial charge in [0.25, 0.3) is 5.91 Å². The van der Waals surface area contributed by atoms with Crippen molar-refractivity contribution in [3.63, 3.8) is 0 Å². The van der Waals surface area contributed by atoms with Crippen LogP contribution in [0, 0.1) is 0 Å². The molecule has 18 heavy (non-hydrogen) atoms. The van der Waals surface area contributed by atoms with Gasteiger partial charge in [0.05, 0.1) is 12.9 Å². The predicted octanol–water partition coefficient (Wildman–Crippen LogP) is -0.684. The summed E-state index contributed by atoms with van der Waals surface area (Å²) >= 11 is 0. The molecule has 0 atom stereocenters. The lowest BCUT2D eigenvalue weighted by Crippen LogP contribution is -2.38. The number of aromatic nitrogens is 2. The third-order valence-electron chi connectivity index (χ3n) is 2.16. The van der Waals surface area contributed by atoms with E-state index in [9.17, 15) is 14.4 Å². The van der Waals surface area contributed by atoms with Gasteiger partial charge < -0.3 is 20.3 Å². The Morgan fingerprint density at radius 3 is 2.72 bits per heavy atom. The van der Waals surface area contributed by atoms with E-state index in [1.54, 1.807) is 6.92 Å². The van der Waals surface area contributed by atoms with E-state index >= 15 is 0 Å². The number of carboxylic acids is 1. The van der Waals surface area contributed by atoms with Crippen LogP contribution in [0.4, 0.5) is 0 Å². The number of carbonyl (C=O) groups excluding carboxylic acids is 2. The maximum atomic E-state index is 11.9. The Balaban J connectivity index is 2.77. The number of rotatable bonds is 5. The van der Waals surface area contributed by atoms with E-state index < -0.39 is 11.9 Å². The zero-order valence-corrected chi connectivity index (χ0v) is 10.1. The molecule has 2 amide bonds. The Labute approximate surface area is 103 Å². The highest BCUT2D eigenvalue weighted by molar-refractivity contribution is 6.03. The van der Waals surface area contributed by atoms with Gasteiger partial charge in [-0.25, -0.2) is 9.78 Å². The molecule has 1 heterocycles. The molecular formula is C10H14N4O4. The second-order valence-electron chi connectivity index (χ2n) is 3.55. The van der Waals surface area contributed by atoms with Crippen molar-refractivity contribution in [3.05, 3.63) is 17.7 Å². The van der Waals surface area contributed by atoms with Crippen LogP contribution >= 0.6 is 0 Å². The van der Waals surface area contributed by atoms with Crippen LogP contribution in [0.3, 0.4) is 0 Å². The number of nitrogens with zero attached hydrogens (tertiary/aromatic N) is 2. The summed E-state index contributed by atoms with van der Waals surface area (Å²) in [6.07, 6.45) is 1.12. The fourth-order valence-corrected chi connectivity index (χ4v) is 1.34. The quantitative estimate of drug-likeness (QED) is 0.643. The van der Waals surface area contributed by atoms with Gasteiger partial charge in [-0.05, 0) is 6.92 Å². The van der Waals surface area contributed by atoms with Gasteiger partial charge in [-0.15, -0.1) is 0 Å². The fraction of sp³-hybridized carbons (Fsp3) is 0.400. The lowest BCUT2D eigenvalue weighted by Gasteiger charge is -2.15. The Bertz CT molecular complexity index is 468. The topological polar surface area (TPSA) is 115 Å². The van der Waals surface area contributed by atoms with E-state index in [0.717, 1.165) is 11.2 Å². The Kier molecular flexibility index (Phi) is 4.41. The molecule has 8 nitrogen and oxygen atoms in total. The summed E-state index contributed by atoms with van der Waals surface area (Å²) in [5.74, 6) is -2.22. The monoisotopic (exact) mass is 254 g/mol. The summed E-state index contributed by atoms with van der Waals surface area (Å²) in [7, 11) is 1.40. The smallest absolute Gasteiger partial charge is 0.354 e. The van der Waals surface area contributed by atoms with Gasteiger partial charge in [-0.3, -0.25) is 9.59 Å². The van der Waals surface area contributed by atoms with E-state index in [1.807, 2.05) is 0 Å². The van der Waals surface area contributed by atoms with Gasteiger partial charge in [0, 0.05) is 13.6 Å². The minimum absolute atomic E-state index is 0.154. The molecule has 3 N–H and O–H groups in total. The summed E-state index contributed by atoms with van der Waals surface area (Å²) in [6.45, 7) is 2.07. The number of aromatic carboxylic acids is 1. The summed E-state index contributed by atoms with van der Waals surface area (Å²) in [5, 5.41) is 11.4. The van der Waals surface area contributed by atoms with E-state index in [1.165, 1.54) is 7.05 Å². The fourth-order valence-electron chi connectivity index (χ4n) is 1.34. The second-order valence-corrected chi connectivity index (χ2v) is 3.55. The number of carboxylic acid groups (broad SMARTS) is 1. The SMILES string of the molecule is CCNC(=O)CN(C)C(=O)c1nc[nH]c1C(=O)O. The first-order chi connectivity index (χ1) is 8.47. The van der Waals surface area contributed by atoms with Crippen molar-refractivity contribution >= 4 is 17.8 Å². The average molecular weight is 254 g/mol. The number of imidazole rings is 1. The van der Waals surface area contributed by atoms with E-state index in [0.29, 0.717) is 6.54 Å². The summed E-state index contributed by atoms with van der Waals surface area (Å²) in [6, 6.07) is 0. The molecular weight excluding hydrogens is 240 g/mol. The second kappa shape index (κ2) is 5.80. The van der Waals surface area contributed by atoms with Crippen molar-refractivity contribution in [2.45, 2.75) is 6.92 Å². The Morgan fingerprint density at radius 1 is 1.50 bits per heavy atom. The van der Waals surface area contributed by atoms with Crippen molar-refractivity contribution in [3.8, 4) is 0 Å². The highest BCUT2D eigenvalue weighted by Crippen LogP contribution is 2.05. The molecule has 8 heteroatoms. The van der Waals surface area contributed by atoms with Crippen LogP contribution in [0.15, 0.2) is 6.33 Å². The molecule has 0 radical (unpaired) electrons. The van der Waals surface area contributed by atoms with Gasteiger partial charge in [-0.1, -0.05) is 0 Å². The predicted molar refractivity (Wildman–Crippen MR) is 61.2 cm³/mol. The molecule has 0 saturated heterocycles. The maximum Gasteiger partial charge on any atom is 0.354 e. The van der Waals surface area contributed by atoms with Crippen LogP contribution in [-0.2, 0) is 4.79 Å². The molecule has 98 valence electrons. The normalized spacial score (nSPS) is 9.89. The van der Waals surface area contributed by atoms with Gasteiger partial charge >= 0.3 is 5.97 Å². The third kappa shape index (κ3) is 3.06. The van der Waals surface area contributed by atoms with Gasteiger partial charge in [0.15, 0.2) is 11.4 Å². The first-order valence-electron chi connectivity index (χ1n) is 5.26. The lowest BCUT2D eigenvalue weighted by molar-refractivity contribution is -0.121. The van der Waals surface area contributed by atoms with Crippen molar-refractivity contribution in [2.24, 2.45) is 0 Å². The van der Waals surface area contributed by atoms with E-state index in [2.05, 4.69) is 15.3 Å². The number of hydrogen-bond donors (Lipinski definition) is 3. The summed E-state index contributed by atoms with van der Waals surface area (Å²) in [4.78, 5) is 41.1. The molecule has 1 aromatic rings. The number of likely N-dealkylation sites (N-methyl/N-ethyl adjacent to an activating group) is 2. The third-order valence-corrected chi connectivity index (χ3v) is 2.16. The van der Waals surface area contributed by atoms with Crippen LogP contribution < -0.4 is 5.32 Å². The lowest BCUT2D eigenvalue weighted by atomic mass is 10.3. The van der Waals surface area contributed by atoms with Gasteiger partial charge in [0.2, 0.25) is 5.91 Å². The van der Waals surface area contributed by atoms with Crippen molar-refractivity contribution in [1.29, 1.82) is 0 Å². The van der Waals surface area contributed by atoms with Crippen molar-refractivity contribution in [1.82, 2.24) is 20.2 Å².